The summed E-state index contributed by atoms with van der Waals surface area (Å²) in [6, 6.07) is 7.92. The van der Waals surface area contributed by atoms with Crippen LogP contribution in [0, 0.1) is 0 Å². The molecule has 1 rings (SSSR count). The number of nitrogens with one attached hydrogen (secondary N) is 2. The molecule has 0 aromatic heterocycles. The molecule has 20 heavy (non-hydrogen) atoms. The summed E-state index contributed by atoms with van der Waals surface area (Å²) in [7, 11) is 0. The first-order chi connectivity index (χ1) is 9.76. The van der Waals surface area contributed by atoms with Gasteiger partial charge in [-0.1, -0.05) is 46.0 Å². The largest absolute Gasteiger partial charge is 0.385 e. The van der Waals surface area contributed by atoms with Crippen LogP contribution in [-0.2, 0) is 4.79 Å². The average Bonchev–Trinajstić information content (AvgIpc) is 2.48. The summed E-state index contributed by atoms with van der Waals surface area (Å²) >= 11 is 0. The molecule has 1 aromatic carbocycles. The first kappa shape index (κ1) is 16.5. The van der Waals surface area contributed by atoms with E-state index in [2.05, 4.69) is 17.6 Å². The molecule has 0 radical (unpaired) electrons. The van der Waals surface area contributed by atoms with Crippen LogP contribution in [0.5, 0.6) is 0 Å². The molecule has 0 fully saturated rings. The summed E-state index contributed by atoms with van der Waals surface area (Å²) in [5.41, 5.74) is 1.98. The highest BCUT2D eigenvalue weighted by molar-refractivity contribution is 5.90. The zero-order chi connectivity index (χ0) is 14.6. The monoisotopic (exact) mass is 276 g/mol. The maximum atomic E-state index is 11.3. The number of carbonyl (C=O) groups is 1. The third-order valence-corrected chi connectivity index (χ3v) is 3.35. The Bertz CT molecular complexity index is 373. The molecule has 0 aliphatic carbocycles. The van der Waals surface area contributed by atoms with E-state index in [1.165, 1.54) is 38.5 Å². The van der Waals surface area contributed by atoms with Crippen molar-refractivity contribution < 1.29 is 4.79 Å². The molecule has 0 bridgehead atoms. The molecule has 0 spiro atoms. The van der Waals surface area contributed by atoms with E-state index in [-0.39, 0.29) is 5.91 Å². The van der Waals surface area contributed by atoms with Crippen LogP contribution in [0.1, 0.15) is 58.8 Å². The van der Waals surface area contributed by atoms with Crippen molar-refractivity contribution in [2.24, 2.45) is 0 Å². The van der Waals surface area contributed by atoms with Crippen LogP contribution in [0.25, 0.3) is 0 Å². The van der Waals surface area contributed by atoms with E-state index < -0.39 is 0 Å². The highest BCUT2D eigenvalue weighted by Gasteiger charge is 1.98. The minimum absolute atomic E-state index is 0.0535. The number of carbonyl (C=O) groups excluding carboxylic acids is 1. The van der Waals surface area contributed by atoms with Crippen LogP contribution in [0.4, 0.5) is 11.4 Å². The van der Waals surface area contributed by atoms with Crippen LogP contribution in [-0.4, -0.2) is 12.5 Å². The lowest BCUT2D eigenvalue weighted by Crippen LogP contribution is -2.09. The molecule has 2 N–H and O–H groups in total. The molecular weight excluding hydrogens is 248 g/mol. The van der Waals surface area contributed by atoms with Crippen LogP contribution in [0.2, 0.25) is 0 Å². The smallest absolute Gasteiger partial charge is 0.224 e. The van der Waals surface area contributed by atoms with E-state index >= 15 is 0 Å². The van der Waals surface area contributed by atoms with Crippen LogP contribution >= 0.6 is 0 Å². The predicted molar refractivity (Wildman–Crippen MR) is 87.2 cm³/mol. The standard InChI is InChI=1S/C17H28N2O/c1-3-5-6-7-8-9-14-18-15-10-12-16(13-11-15)19-17(20)4-2/h10-13,18H,3-9,14H2,1-2H3,(H,19,20). The molecule has 0 aliphatic heterocycles. The fourth-order valence-corrected chi connectivity index (χ4v) is 2.06. The van der Waals surface area contributed by atoms with E-state index in [4.69, 9.17) is 0 Å². The number of hydrogen-bond acceptors (Lipinski definition) is 2. The maximum absolute atomic E-state index is 11.3. The van der Waals surface area contributed by atoms with Crippen molar-refractivity contribution in [3.63, 3.8) is 0 Å². The highest BCUT2D eigenvalue weighted by Crippen LogP contribution is 2.14. The van der Waals surface area contributed by atoms with Crippen molar-refractivity contribution in [1.29, 1.82) is 0 Å². The van der Waals surface area contributed by atoms with Crippen molar-refractivity contribution in [2.45, 2.75) is 58.8 Å². The second kappa shape index (κ2) is 10.3. The lowest BCUT2D eigenvalue weighted by atomic mass is 10.1. The molecule has 0 aliphatic rings. The summed E-state index contributed by atoms with van der Waals surface area (Å²) in [6.07, 6.45) is 8.41. The molecular formula is C17H28N2O. The Kier molecular flexibility index (Phi) is 8.52. The van der Waals surface area contributed by atoms with Gasteiger partial charge in [0.15, 0.2) is 0 Å². The minimum atomic E-state index is 0.0535. The minimum Gasteiger partial charge on any atom is -0.385 e. The van der Waals surface area contributed by atoms with Crippen LogP contribution < -0.4 is 10.6 Å². The van der Waals surface area contributed by atoms with E-state index in [9.17, 15) is 4.79 Å². The summed E-state index contributed by atoms with van der Waals surface area (Å²) in [6.45, 7) is 5.12. The van der Waals surface area contributed by atoms with Crippen LogP contribution in [0.3, 0.4) is 0 Å². The number of rotatable bonds is 10. The van der Waals surface area contributed by atoms with Gasteiger partial charge in [-0.25, -0.2) is 0 Å². The first-order valence-electron chi connectivity index (χ1n) is 7.90. The van der Waals surface area contributed by atoms with E-state index in [0.29, 0.717) is 6.42 Å². The Hall–Kier alpha value is -1.51. The van der Waals surface area contributed by atoms with Gasteiger partial charge in [0.2, 0.25) is 5.91 Å². The number of amides is 1. The molecule has 1 aromatic rings. The second-order valence-corrected chi connectivity index (χ2v) is 5.17. The molecule has 112 valence electrons. The molecule has 3 nitrogen and oxygen atoms in total. The molecule has 1 amide bonds. The van der Waals surface area contributed by atoms with Gasteiger partial charge in [0, 0.05) is 24.3 Å². The summed E-state index contributed by atoms with van der Waals surface area (Å²) in [4.78, 5) is 11.3. The Labute approximate surface area is 123 Å². The highest BCUT2D eigenvalue weighted by atomic mass is 16.1. The predicted octanol–water partition coefficient (Wildman–Crippen LogP) is 4.81. The Morgan fingerprint density at radius 3 is 2.15 bits per heavy atom. The first-order valence-corrected chi connectivity index (χ1v) is 7.90. The number of unbranched alkanes of at least 4 members (excludes halogenated alkanes) is 5. The summed E-state index contributed by atoms with van der Waals surface area (Å²) in [5.74, 6) is 0.0535. The fourth-order valence-electron chi connectivity index (χ4n) is 2.06. The third kappa shape index (κ3) is 7.17. The normalized spacial score (nSPS) is 10.3. The molecule has 0 unspecified atom stereocenters. The van der Waals surface area contributed by atoms with Gasteiger partial charge in [-0.3, -0.25) is 4.79 Å². The lowest BCUT2D eigenvalue weighted by Gasteiger charge is -2.08. The lowest BCUT2D eigenvalue weighted by molar-refractivity contribution is -0.115. The van der Waals surface area contributed by atoms with Gasteiger partial charge in [-0.15, -0.1) is 0 Å². The Morgan fingerprint density at radius 2 is 1.50 bits per heavy atom. The number of benzene rings is 1. The zero-order valence-corrected chi connectivity index (χ0v) is 12.9. The Balaban J connectivity index is 2.16. The van der Waals surface area contributed by atoms with Crippen molar-refractivity contribution >= 4 is 17.3 Å². The molecule has 0 heterocycles. The van der Waals surface area contributed by atoms with Gasteiger partial charge in [0.25, 0.3) is 0 Å². The second-order valence-electron chi connectivity index (χ2n) is 5.17. The average molecular weight is 276 g/mol. The number of hydrogen-bond donors (Lipinski definition) is 2. The van der Waals surface area contributed by atoms with Crippen molar-refractivity contribution in [1.82, 2.24) is 0 Å². The van der Waals surface area contributed by atoms with Gasteiger partial charge in [-0.2, -0.15) is 0 Å². The molecule has 0 atom stereocenters. The number of anilines is 2. The van der Waals surface area contributed by atoms with E-state index in [1.807, 2.05) is 31.2 Å². The summed E-state index contributed by atoms with van der Waals surface area (Å²) < 4.78 is 0. The fraction of sp³-hybridized carbons (Fsp3) is 0.588. The van der Waals surface area contributed by atoms with Gasteiger partial charge in [0.1, 0.15) is 0 Å². The van der Waals surface area contributed by atoms with Crippen LogP contribution in [0.15, 0.2) is 24.3 Å². The van der Waals surface area contributed by atoms with Gasteiger partial charge in [0.05, 0.1) is 0 Å². The van der Waals surface area contributed by atoms with Gasteiger partial charge in [-0.05, 0) is 30.7 Å². The van der Waals surface area contributed by atoms with E-state index in [0.717, 1.165) is 17.9 Å². The molecule has 0 saturated carbocycles. The quantitative estimate of drug-likeness (QED) is 0.602. The van der Waals surface area contributed by atoms with Gasteiger partial charge < -0.3 is 10.6 Å². The van der Waals surface area contributed by atoms with Crippen molar-refractivity contribution in [2.75, 3.05) is 17.2 Å². The van der Waals surface area contributed by atoms with Gasteiger partial charge >= 0.3 is 0 Å². The maximum Gasteiger partial charge on any atom is 0.224 e. The SMILES string of the molecule is CCCCCCCCNc1ccc(NC(=O)CC)cc1. The summed E-state index contributed by atoms with van der Waals surface area (Å²) in [5, 5.41) is 6.27. The van der Waals surface area contributed by atoms with E-state index in [1.54, 1.807) is 0 Å². The zero-order valence-electron chi connectivity index (χ0n) is 12.9. The Morgan fingerprint density at radius 1 is 0.900 bits per heavy atom. The third-order valence-electron chi connectivity index (χ3n) is 3.35. The molecule has 3 heteroatoms. The van der Waals surface area contributed by atoms with Crippen molar-refractivity contribution in [3.8, 4) is 0 Å². The molecule has 0 saturated heterocycles. The topological polar surface area (TPSA) is 41.1 Å². The van der Waals surface area contributed by atoms with Crippen molar-refractivity contribution in [3.05, 3.63) is 24.3 Å².